The molecule has 3 heteroatoms. The molecule has 0 amide bonds. The third-order valence-corrected chi connectivity index (χ3v) is 2.59. The van der Waals surface area contributed by atoms with E-state index < -0.39 is 0 Å². The molecular formula is C13H20O3. The standard InChI is InChI=1S/C13H20O3/c1-13(2,3)10-8-12(16-4)9(5-6-14)7-11(10)15/h7-8,14-15H,5-6H2,1-4H3. The monoisotopic (exact) mass is 224 g/mol. The van der Waals surface area contributed by atoms with E-state index in [9.17, 15) is 5.11 Å². The molecule has 0 unspecified atom stereocenters. The smallest absolute Gasteiger partial charge is 0.122 e. The largest absolute Gasteiger partial charge is 0.508 e. The summed E-state index contributed by atoms with van der Waals surface area (Å²) in [5, 5.41) is 18.9. The summed E-state index contributed by atoms with van der Waals surface area (Å²) in [5.41, 5.74) is 1.55. The highest BCUT2D eigenvalue weighted by Crippen LogP contribution is 2.36. The molecule has 0 fully saturated rings. The zero-order valence-electron chi connectivity index (χ0n) is 10.4. The predicted molar refractivity (Wildman–Crippen MR) is 64.1 cm³/mol. The van der Waals surface area contributed by atoms with E-state index in [1.54, 1.807) is 13.2 Å². The number of hydrogen-bond donors (Lipinski definition) is 2. The number of phenols is 1. The van der Waals surface area contributed by atoms with Gasteiger partial charge in [0.15, 0.2) is 0 Å². The van der Waals surface area contributed by atoms with Crippen LogP contribution in [0.4, 0.5) is 0 Å². The summed E-state index contributed by atoms with van der Waals surface area (Å²) in [5.74, 6) is 0.980. The van der Waals surface area contributed by atoms with Crippen LogP contribution in [0.2, 0.25) is 0 Å². The Kier molecular flexibility index (Phi) is 3.81. The number of methoxy groups -OCH3 is 1. The minimum atomic E-state index is -0.130. The van der Waals surface area contributed by atoms with Gasteiger partial charge in [-0.3, -0.25) is 0 Å². The fraction of sp³-hybridized carbons (Fsp3) is 0.538. The molecule has 0 saturated heterocycles. The Hall–Kier alpha value is -1.22. The SMILES string of the molecule is COc1cc(C(C)(C)C)c(O)cc1CCO. The van der Waals surface area contributed by atoms with Crippen molar-refractivity contribution in [1.82, 2.24) is 0 Å². The van der Waals surface area contributed by atoms with Crippen molar-refractivity contribution >= 4 is 0 Å². The molecule has 0 aromatic heterocycles. The van der Waals surface area contributed by atoms with E-state index in [1.165, 1.54) is 0 Å². The highest BCUT2D eigenvalue weighted by Gasteiger charge is 2.20. The van der Waals surface area contributed by atoms with Crippen LogP contribution in [0.25, 0.3) is 0 Å². The van der Waals surface area contributed by atoms with Crippen LogP contribution < -0.4 is 4.74 Å². The Balaban J connectivity index is 3.26. The van der Waals surface area contributed by atoms with Crippen molar-refractivity contribution in [3.63, 3.8) is 0 Å². The molecule has 0 heterocycles. The predicted octanol–water partition coefficient (Wildman–Crippen LogP) is 2.23. The third-order valence-electron chi connectivity index (χ3n) is 2.59. The lowest BCUT2D eigenvalue weighted by Gasteiger charge is -2.22. The summed E-state index contributed by atoms with van der Waals surface area (Å²) in [6.07, 6.45) is 0.487. The van der Waals surface area contributed by atoms with E-state index in [-0.39, 0.29) is 17.8 Å². The molecule has 1 aromatic rings. The molecule has 3 nitrogen and oxygen atoms in total. The minimum Gasteiger partial charge on any atom is -0.508 e. The molecule has 90 valence electrons. The highest BCUT2D eigenvalue weighted by atomic mass is 16.5. The molecule has 16 heavy (non-hydrogen) atoms. The van der Waals surface area contributed by atoms with Crippen LogP contribution in [0, 0.1) is 0 Å². The normalized spacial score (nSPS) is 11.6. The van der Waals surface area contributed by atoms with Crippen LogP contribution in [0.3, 0.4) is 0 Å². The highest BCUT2D eigenvalue weighted by molar-refractivity contribution is 5.48. The van der Waals surface area contributed by atoms with E-state index in [0.29, 0.717) is 6.42 Å². The van der Waals surface area contributed by atoms with Crippen LogP contribution in [0.15, 0.2) is 12.1 Å². The quantitative estimate of drug-likeness (QED) is 0.827. The van der Waals surface area contributed by atoms with Gasteiger partial charge in [0, 0.05) is 17.7 Å². The molecule has 0 spiro atoms. The molecule has 1 aromatic carbocycles. The zero-order chi connectivity index (χ0) is 12.3. The summed E-state index contributed by atoms with van der Waals surface area (Å²) in [7, 11) is 1.60. The first-order chi connectivity index (χ1) is 7.40. The molecule has 0 aliphatic carbocycles. The van der Waals surface area contributed by atoms with Gasteiger partial charge in [-0.2, -0.15) is 0 Å². The molecule has 0 radical (unpaired) electrons. The maximum absolute atomic E-state index is 9.94. The second kappa shape index (κ2) is 4.74. The molecular weight excluding hydrogens is 204 g/mol. The lowest BCUT2D eigenvalue weighted by molar-refractivity contribution is 0.296. The van der Waals surface area contributed by atoms with Crippen LogP contribution in [0.1, 0.15) is 31.9 Å². The van der Waals surface area contributed by atoms with Gasteiger partial charge in [-0.05, 0) is 24.0 Å². The van der Waals surface area contributed by atoms with Crippen molar-refractivity contribution in [2.75, 3.05) is 13.7 Å². The molecule has 0 bridgehead atoms. The fourth-order valence-electron chi connectivity index (χ4n) is 1.72. The van der Waals surface area contributed by atoms with Gasteiger partial charge >= 0.3 is 0 Å². The van der Waals surface area contributed by atoms with E-state index in [1.807, 2.05) is 26.8 Å². The first-order valence-electron chi connectivity index (χ1n) is 5.41. The molecule has 0 saturated carbocycles. The van der Waals surface area contributed by atoms with E-state index in [0.717, 1.165) is 16.9 Å². The van der Waals surface area contributed by atoms with Crippen molar-refractivity contribution in [2.45, 2.75) is 32.6 Å². The first-order valence-corrected chi connectivity index (χ1v) is 5.41. The summed E-state index contributed by atoms with van der Waals surface area (Å²) in [4.78, 5) is 0. The Morgan fingerprint density at radius 1 is 1.25 bits per heavy atom. The molecule has 2 N–H and O–H groups in total. The van der Waals surface area contributed by atoms with Gasteiger partial charge in [0.25, 0.3) is 0 Å². The molecule has 1 rings (SSSR count). The van der Waals surface area contributed by atoms with Crippen LogP contribution in [0.5, 0.6) is 11.5 Å². The average Bonchev–Trinajstić information content (AvgIpc) is 2.16. The first kappa shape index (κ1) is 12.8. The van der Waals surface area contributed by atoms with E-state index in [4.69, 9.17) is 9.84 Å². The second-order valence-electron chi connectivity index (χ2n) is 4.90. The maximum Gasteiger partial charge on any atom is 0.122 e. The Bertz CT molecular complexity index is 364. The van der Waals surface area contributed by atoms with Gasteiger partial charge in [0.1, 0.15) is 11.5 Å². The van der Waals surface area contributed by atoms with Crippen molar-refractivity contribution in [2.24, 2.45) is 0 Å². The number of aromatic hydroxyl groups is 1. The van der Waals surface area contributed by atoms with E-state index in [2.05, 4.69) is 0 Å². The summed E-state index contributed by atoms with van der Waals surface area (Å²) >= 11 is 0. The van der Waals surface area contributed by atoms with Crippen LogP contribution in [-0.2, 0) is 11.8 Å². The van der Waals surface area contributed by atoms with Crippen molar-refractivity contribution < 1.29 is 14.9 Å². The number of rotatable bonds is 3. The maximum atomic E-state index is 9.94. The topological polar surface area (TPSA) is 49.7 Å². The van der Waals surface area contributed by atoms with Crippen LogP contribution >= 0.6 is 0 Å². The van der Waals surface area contributed by atoms with E-state index >= 15 is 0 Å². The minimum absolute atomic E-state index is 0.0463. The van der Waals surface area contributed by atoms with Gasteiger partial charge in [0.05, 0.1) is 7.11 Å². The van der Waals surface area contributed by atoms with Crippen molar-refractivity contribution in [3.05, 3.63) is 23.3 Å². The second-order valence-corrected chi connectivity index (χ2v) is 4.90. The Morgan fingerprint density at radius 2 is 1.88 bits per heavy atom. The lowest BCUT2D eigenvalue weighted by Crippen LogP contribution is -2.12. The molecule has 0 aliphatic heterocycles. The van der Waals surface area contributed by atoms with Gasteiger partial charge in [-0.25, -0.2) is 0 Å². The third kappa shape index (κ3) is 2.67. The molecule has 0 atom stereocenters. The van der Waals surface area contributed by atoms with Crippen molar-refractivity contribution in [3.8, 4) is 11.5 Å². The lowest BCUT2D eigenvalue weighted by atomic mass is 9.85. The number of phenolic OH excluding ortho intramolecular Hbond substituents is 1. The number of hydrogen-bond acceptors (Lipinski definition) is 3. The molecule has 0 aliphatic rings. The Morgan fingerprint density at radius 3 is 2.31 bits per heavy atom. The number of ether oxygens (including phenoxy) is 1. The summed E-state index contributed by atoms with van der Waals surface area (Å²) < 4.78 is 5.27. The fourth-order valence-corrected chi connectivity index (χ4v) is 1.72. The van der Waals surface area contributed by atoms with Gasteiger partial charge in [-0.1, -0.05) is 20.8 Å². The van der Waals surface area contributed by atoms with Gasteiger partial charge < -0.3 is 14.9 Å². The summed E-state index contributed by atoms with van der Waals surface area (Å²) in [6.45, 7) is 6.15. The van der Waals surface area contributed by atoms with Gasteiger partial charge in [-0.15, -0.1) is 0 Å². The average molecular weight is 224 g/mol. The van der Waals surface area contributed by atoms with Crippen LogP contribution in [-0.4, -0.2) is 23.9 Å². The Labute approximate surface area is 96.7 Å². The summed E-state index contributed by atoms with van der Waals surface area (Å²) in [6, 6.07) is 3.52. The zero-order valence-corrected chi connectivity index (χ0v) is 10.4. The number of aliphatic hydroxyl groups is 1. The number of benzene rings is 1. The van der Waals surface area contributed by atoms with Crippen molar-refractivity contribution in [1.29, 1.82) is 0 Å². The number of aliphatic hydroxyl groups excluding tert-OH is 1. The van der Waals surface area contributed by atoms with Gasteiger partial charge in [0.2, 0.25) is 0 Å².